The summed E-state index contributed by atoms with van der Waals surface area (Å²) in [5.74, 6) is -0.820. The Kier molecular flexibility index (Phi) is 3.34. The largest absolute Gasteiger partial charge is 0.472 e. The van der Waals surface area contributed by atoms with Crippen LogP contribution in [0.15, 0.2) is 41.2 Å². The van der Waals surface area contributed by atoms with Crippen molar-refractivity contribution in [2.24, 2.45) is 0 Å². The van der Waals surface area contributed by atoms with Crippen molar-refractivity contribution in [3.8, 4) is 0 Å². The molecule has 0 saturated carbocycles. The number of fused-ring (bicyclic) bond motifs is 1. The molecule has 4 rings (SSSR count). The summed E-state index contributed by atoms with van der Waals surface area (Å²) < 4.78 is 18.9. The third kappa shape index (κ3) is 2.59. The molecule has 2 aromatic rings. The van der Waals surface area contributed by atoms with E-state index in [1.54, 1.807) is 24.7 Å². The first-order valence-corrected chi connectivity index (χ1v) is 7.78. The second-order valence-corrected chi connectivity index (χ2v) is 6.23. The van der Waals surface area contributed by atoms with Gasteiger partial charge in [-0.2, -0.15) is 0 Å². The maximum absolute atomic E-state index is 13.8. The molecule has 1 spiro atoms. The van der Waals surface area contributed by atoms with Crippen LogP contribution in [-0.2, 0) is 6.54 Å². The third-order valence-electron chi connectivity index (χ3n) is 4.66. The highest BCUT2D eigenvalue weighted by molar-refractivity contribution is 6.02. The molecule has 2 aliphatic heterocycles. The lowest BCUT2D eigenvalue weighted by molar-refractivity contribution is 0.0817. The molecule has 2 aliphatic rings. The summed E-state index contributed by atoms with van der Waals surface area (Å²) in [6.45, 7) is 2.54. The zero-order valence-corrected chi connectivity index (χ0v) is 12.6. The van der Waals surface area contributed by atoms with Crippen molar-refractivity contribution in [3.63, 3.8) is 0 Å². The Morgan fingerprint density at radius 2 is 2.04 bits per heavy atom. The lowest BCUT2D eigenvalue weighted by Crippen LogP contribution is -2.62. The average Bonchev–Trinajstić information content (AvgIpc) is 3.02. The minimum absolute atomic E-state index is 0.110. The highest BCUT2D eigenvalue weighted by Crippen LogP contribution is 2.32. The van der Waals surface area contributed by atoms with E-state index in [1.807, 2.05) is 6.07 Å². The predicted octanol–water partition coefficient (Wildman–Crippen LogP) is 2.57. The Hall–Kier alpha value is -2.34. The molecule has 1 aromatic carbocycles. The molecule has 120 valence electrons. The molecule has 0 bridgehead atoms. The average molecular weight is 315 g/mol. The molecule has 0 aliphatic carbocycles. The summed E-state index contributed by atoms with van der Waals surface area (Å²) in [5.41, 5.74) is 1.36. The van der Waals surface area contributed by atoms with E-state index in [0.29, 0.717) is 5.69 Å². The van der Waals surface area contributed by atoms with Crippen molar-refractivity contribution >= 4 is 11.6 Å². The fourth-order valence-electron chi connectivity index (χ4n) is 3.41. The van der Waals surface area contributed by atoms with Gasteiger partial charge in [-0.15, -0.1) is 0 Å². The molecule has 0 unspecified atom stereocenters. The molecule has 0 radical (unpaired) electrons. The van der Waals surface area contributed by atoms with E-state index in [-0.39, 0.29) is 11.5 Å². The van der Waals surface area contributed by atoms with Crippen LogP contribution < -0.4 is 10.6 Å². The lowest BCUT2D eigenvalue weighted by Gasteiger charge is -2.45. The van der Waals surface area contributed by atoms with Crippen molar-refractivity contribution < 1.29 is 13.6 Å². The fraction of sp³-hybridized carbons (Fsp3) is 0.353. The molecule has 6 heteroatoms. The monoisotopic (exact) mass is 315 g/mol. The van der Waals surface area contributed by atoms with Gasteiger partial charge in [-0.25, -0.2) is 4.39 Å². The molecule has 1 aromatic heterocycles. The zero-order valence-electron chi connectivity index (χ0n) is 12.6. The SMILES string of the molecule is O=C1NC2(CCN(Cc3ccoc3)CC2)Nc2cccc(F)c21. The van der Waals surface area contributed by atoms with E-state index in [2.05, 4.69) is 15.5 Å². The quantitative estimate of drug-likeness (QED) is 0.894. The van der Waals surface area contributed by atoms with Crippen LogP contribution in [0.3, 0.4) is 0 Å². The van der Waals surface area contributed by atoms with Crippen LogP contribution in [0.5, 0.6) is 0 Å². The number of furan rings is 1. The number of piperidine rings is 1. The minimum atomic E-state index is -0.486. The van der Waals surface area contributed by atoms with Gasteiger partial charge in [-0.1, -0.05) is 6.07 Å². The topological polar surface area (TPSA) is 57.5 Å². The number of carbonyl (C=O) groups excluding carboxylic acids is 1. The van der Waals surface area contributed by atoms with Crippen LogP contribution in [0.1, 0.15) is 28.8 Å². The number of anilines is 1. The number of nitrogens with one attached hydrogen (secondary N) is 2. The Balaban J connectivity index is 1.48. The van der Waals surface area contributed by atoms with E-state index in [4.69, 9.17) is 4.42 Å². The number of hydrogen-bond acceptors (Lipinski definition) is 4. The molecule has 5 nitrogen and oxygen atoms in total. The van der Waals surface area contributed by atoms with Crippen LogP contribution in [0.25, 0.3) is 0 Å². The summed E-state index contributed by atoms with van der Waals surface area (Å²) in [7, 11) is 0. The van der Waals surface area contributed by atoms with Crippen LogP contribution in [0.4, 0.5) is 10.1 Å². The van der Waals surface area contributed by atoms with Crippen molar-refractivity contribution in [3.05, 3.63) is 53.7 Å². The van der Waals surface area contributed by atoms with Crippen LogP contribution >= 0.6 is 0 Å². The number of benzene rings is 1. The standard InChI is InChI=1S/C17H18FN3O2/c18-13-2-1-3-14-15(13)16(22)20-17(19-14)5-7-21(8-6-17)10-12-4-9-23-11-12/h1-4,9,11,19H,5-8,10H2,(H,20,22). The first-order chi connectivity index (χ1) is 11.2. The van der Waals surface area contributed by atoms with Gasteiger partial charge in [0.1, 0.15) is 11.5 Å². The first kappa shape index (κ1) is 14.3. The molecule has 3 heterocycles. The summed E-state index contributed by atoms with van der Waals surface area (Å²) >= 11 is 0. The number of halogens is 1. The van der Waals surface area contributed by atoms with E-state index in [0.717, 1.165) is 38.0 Å². The summed E-state index contributed by atoms with van der Waals surface area (Å²) in [5, 5.41) is 6.32. The van der Waals surface area contributed by atoms with Gasteiger partial charge in [0.15, 0.2) is 0 Å². The Morgan fingerprint density at radius 1 is 1.22 bits per heavy atom. The van der Waals surface area contributed by atoms with Gasteiger partial charge in [0.25, 0.3) is 5.91 Å². The van der Waals surface area contributed by atoms with E-state index >= 15 is 0 Å². The van der Waals surface area contributed by atoms with Gasteiger partial charge >= 0.3 is 0 Å². The highest BCUT2D eigenvalue weighted by Gasteiger charge is 2.40. The Bertz CT molecular complexity index is 721. The molecule has 1 amide bonds. The van der Waals surface area contributed by atoms with Gasteiger partial charge in [0.05, 0.1) is 23.8 Å². The van der Waals surface area contributed by atoms with Gasteiger partial charge in [-0.05, 0) is 18.2 Å². The number of rotatable bonds is 2. The summed E-state index contributed by atoms with van der Waals surface area (Å²) in [4.78, 5) is 14.6. The van der Waals surface area contributed by atoms with E-state index in [1.165, 1.54) is 6.07 Å². The van der Waals surface area contributed by atoms with Gasteiger partial charge in [-0.3, -0.25) is 9.69 Å². The molecule has 0 atom stereocenters. The Morgan fingerprint density at radius 3 is 2.78 bits per heavy atom. The van der Waals surface area contributed by atoms with Gasteiger partial charge < -0.3 is 15.1 Å². The maximum Gasteiger partial charge on any atom is 0.258 e. The summed E-state index contributed by atoms with van der Waals surface area (Å²) in [6.07, 6.45) is 4.97. The maximum atomic E-state index is 13.8. The molecule has 1 fully saturated rings. The molecule has 23 heavy (non-hydrogen) atoms. The minimum Gasteiger partial charge on any atom is -0.472 e. The van der Waals surface area contributed by atoms with Crippen LogP contribution in [-0.4, -0.2) is 29.6 Å². The molecule has 1 saturated heterocycles. The van der Waals surface area contributed by atoms with Crippen LogP contribution in [0, 0.1) is 5.82 Å². The fourth-order valence-corrected chi connectivity index (χ4v) is 3.41. The predicted molar refractivity (Wildman–Crippen MR) is 83.4 cm³/mol. The normalized spacial score (nSPS) is 20.0. The molecule has 2 N–H and O–H groups in total. The number of nitrogens with zero attached hydrogens (tertiary/aromatic N) is 1. The number of carbonyl (C=O) groups is 1. The molecular formula is C17H18FN3O2. The van der Waals surface area contributed by atoms with Crippen molar-refractivity contribution in [1.29, 1.82) is 0 Å². The van der Waals surface area contributed by atoms with Crippen LogP contribution in [0.2, 0.25) is 0 Å². The second kappa shape index (κ2) is 5.38. The van der Waals surface area contributed by atoms with E-state index < -0.39 is 11.5 Å². The Labute approximate surface area is 133 Å². The van der Waals surface area contributed by atoms with Crippen molar-refractivity contribution in [2.45, 2.75) is 25.0 Å². The summed E-state index contributed by atoms with van der Waals surface area (Å²) in [6, 6.07) is 6.66. The highest BCUT2D eigenvalue weighted by atomic mass is 19.1. The second-order valence-electron chi connectivity index (χ2n) is 6.23. The smallest absolute Gasteiger partial charge is 0.258 e. The van der Waals surface area contributed by atoms with Gasteiger partial charge in [0.2, 0.25) is 0 Å². The third-order valence-corrected chi connectivity index (χ3v) is 4.66. The number of hydrogen-bond donors (Lipinski definition) is 2. The van der Waals surface area contributed by atoms with Gasteiger partial charge in [0, 0.05) is 38.0 Å². The van der Waals surface area contributed by atoms with E-state index in [9.17, 15) is 9.18 Å². The van der Waals surface area contributed by atoms with Crippen molar-refractivity contribution in [1.82, 2.24) is 10.2 Å². The zero-order chi connectivity index (χ0) is 15.9. The number of likely N-dealkylation sites (tertiary alicyclic amines) is 1. The first-order valence-electron chi connectivity index (χ1n) is 7.78. The number of amides is 1. The molecular weight excluding hydrogens is 297 g/mol. The lowest BCUT2D eigenvalue weighted by atomic mass is 9.92. The van der Waals surface area contributed by atoms with Crippen molar-refractivity contribution in [2.75, 3.05) is 18.4 Å².